The minimum absolute atomic E-state index is 0.0722. The van der Waals surface area contributed by atoms with Crippen molar-refractivity contribution in [2.75, 3.05) is 0 Å². The number of ether oxygens (including phenoxy) is 1. The van der Waals surface area contributed by atoms with Gasteiger partial charge in [-0.1, -0.05) is 68.5 Å². The SMILES string of the molecule is CC(C)c1nc(-c2ccc3c(c2)C2C=CC=CC2O3)nc(-c2ccc3ccccc3c2)n1. The predicted molar refractivity (Wildman–Crippen MR) is 128 cm³/mol. The topological polar surface area (TPSA) is 47.9 Å². The largest absolute Gasteiger partial charge is 0.485 e. The van der Waals surface area contributed by atoms with Gasteiger partial charge in [0.05, 0.1) is 0 Å². The number of nitrogens with zero attached hydrogens (tertiary/aromatic N) is 3. The van der Waals surface area contributed by atoms with E-state index in [2.05, 4.69) is 80.6 Å². The molecule has 3 aromatic carbocycles. The summed E-state index contributed by atoms with van der Waals surface area (Å²) in [7, 11) is 0. The first-order chi connectivity index (χ1) is 15.7. The van der Waals surface area contributed by atoms with Crippen LogP contribution in [-0.4, -0.2) is 21.1 Å². The third kappa shape index (κ3) is 3.19. The van der Waals surface area contributed by atoms with Gasteiger partial charge in [-0.3, -0.25) is 0 Å². The van der Waals surface area contributed by atoms with E-state index in [1.165, 1.54) is 16.3 Å². The Morgan fingerprint density at radius 2 is 1.47 bits per heavy atom. The first-order valence-electron chi connectivity index (χ1n) is 11.1. The van der Waals surface area contributed by atoms with Crippen LogP contribution >= 0.6 is 0 Å². The van der Waals surface area contributed by atoms with Crippen molar-refractivity contribution < 1.29 is 4.74 Å². The van der Waals surface area contributed by atoms with Crippen molar-refractivity contribution in [2.45, 2.75) is 31.8 Å². The van der Waals surface area contributed by atoms with E-state index in [4.69, 9.17) is 19.7 Å². The lowest BCUT2D eigenvalue weighted by molar-refractivity contribution is 0.269. The molecule has 32 heavy (non-hydrogen) atoms. The molecule has 0 fully saturated rings. The smallest absolute Gasteiger partial charge is 0.163 e. The molecule has 0 bridgehead atoms. The molecule has 1 aromatic heterocycles. The maximum atomic E-state index is 6.11. The van der Waals surface area contributed by atoms with E-state index in [0.717, 1.165) is 22.7 Å². The molecule has 0 radical (unpaired) electrons. The maximum Gasteiger partial charge on any atom is 0.163 e. The quantitative estimate of drug-likeness (QED) is 0.384. The molecule has 0 N–H and O–H groups in total. The summed E-state index contributed by atoms with van der Waals surface area (Å²) in [6, 6.07) is 21.0. The van der Waals surface area contributed by atoms with E-state index >= 15 is 0 Å². The van der Waals surface area contributed by atoms with Gasteiger partial charge >= 0.3 is 0 Å². The molecular weight excluding hydrogens is 394 g/mol. The highest BCUT2D eigenvalue weighted by atomic mass is 16.5. The molecule has 6 rings (SSSR count). The first kappa shape index (κ1) is 18.9. The zero-order valence-electron chi connectivity index (χ0n) is 18.1. The fraction of sp³-hybridized carbons (Fsp3) is 0.179. The molecule has 0 saturated heterocycles. The summed E-state index contributed by atoms with van der Waals surface area (Å²) in [5, 5.41) is 2.38. The van der Waals surface area contributed by atoms with Crippen LogP contribution in [0.2, 0.25) is 0 Å². The van der Waals surface area contributed by atoms with Gasteiger partial charge in [-0.2, -0.15) is 0 Å². The van der Waals surface area contributed by atoms with Crippen LogP contribution in [0.15, 0.2) is 85.0 Å². The standard InChI is InChI=1S/C28H23N3O/c1-17(2)26-29-27(20-12-11-18-7-3-4-8-19(18)15-20)31-28(30-26)21-13-14-25-23(16-21)22-9-5-6-10-24(22)32-25/h3-17,22,24H,1-2H3. The molecule has 1 aliphatic heterocycles. The van der Waals surface area contributed by atoms with Crippen molar-refractivity contribution in [3.63, 3.8) is 0 Å². The van der Waals surface area contributed by atoms with E-state index < -0.39 is 0 Å². The Kier molecular flexibility index (Phi) is 4.39. The van der Waals surface area contributed by atoms with Crippen LogP contribution in [-0.2, 0) is 0 Å². The second-order valence-electron chi connectivity index (χ2n) is 8.69. The Bertz CT molecular complexity index is 1400. The van der Waals surface area contributed by atoms with E-state index in [0.29, 0.717) is 11.6 Å². The van der Waals surface area contributed by atoms with Crippen LogP contribution in [0.3, 0.4) is 0 Å². The van der Waals surface area contributed by atoms with Crippen LogP contribution in [0, 0.1) is 0 Å². The van der Waals surface area contributed by atoms with E-state index in [-0.39, 0.29) is 17.9 Å². The third-order valence-electron chi connectivity index (χ3n) is 6.15. The summed E-state index contributed by atoms with van der Waals surface area (Å²) < 4.78 is 6.11. The Morgan fingerprint density at radius 3 is 2.28 bits per heavy atom. The van der Waals surface area contributed by atoms with Crippen molar-refractivity contribution in [2.24, 2.45) is 0 Å². The van der Waals surface area contributed by atoms with Crippen molar-refractivity contribution in [3.05, 3.63) is 96.4 Å². The van der Waals surface area contributed by atoms with Gasteiger partial charge in [-0.05, 0) is 41.1 Å². The van der Waals surface area contributed by atoms with E-state index in [1.54, 1.807) is 0 Å². The predicted octanol–water partition coefficient (Wildman–Crippen LogP) is 6.45. The number of aromatic nitrogens is 3. The van der Waals surface area contributed by atoms with Gasteiger partial charge in [0.25, 0.3) is 0 Å². The number of fused-ring (bicyclic) bond motifs is 4. The second-order valence-corrected chi connectivity index (χ2v) is 8.69. The van der Waals surface area contributed by atoms with Crippen LogP contribution in [0.1, 0.15) is 37.1 Å². The van der Waals surface area contributed by atoms with Gasteiger partial charge < -0.3 is 4.74 Å². The molecule has 0 amide bonds. The zero-order chi connectivity index (χ0) is 21.7. The highest BCUT2D eigenvalue weighted by Crippen LogP contribution is 2.42. The van der Waals surface area contributed by atoms with Gasteiger partial charge in [0.1, 0.15) is 17.7 Å². The van der Waals surface area contributed by atoms with Gasteiger partial charge in [0, 0.05) is 28.5 Å². The lowest BCUT2D eigenvalue weighted by atomic mass is 9.91. The molecule has 4 heteroatoms. The highest BCUT2D eigenvalue weighted by molar-refractivity contribution is 5.86. The molecule has 2 aliphatic rings. The van der Waals surface area contributed by atoms with Crippen molar-refractivity contribution in [1.82, 2.24) is 15.0 Å². The number of benzene rings is 3. The maximum absolute atomic E-state index is 6.11. The molecular formula is C28H23N3O. The van der Waals surface area contributed by atoms with Crippen molar-refractivity contribution in [1.29, 1.82) is 0 Å². The fourth-order valence-electron chi connectivity index (χ4n) is 4.42. The Balaban J connectivity index is 1.47. The molecule has 4 nitrogen and oxygen atoms in total. The van der Waals surface area contributed by atoms with Crippen molar-refractivity contribution >= 4 is 10.8 Å². The molecule has 2 atom stereocenters. The lowest BCUT2D eigenvalue weighted by Crippen LogP contribution is -2.15. The summed E-state index contributed by atoms with van der Waals surface area (Å²) in [4.78, 5) is 14.5. The van der Waals surface area contributed by atoms with Gasteiger partial charge in [-0.25, -0.2) is 15.0 Å². The molecule has 4 aromatic rings. The average Bonchev–Trinajstić information content (AvgIpc) is 3.21. The van der Waals surface area contributed by atoms with Crippen LogP contribution in [0.5, 0.6) is 5.75 Å². The van der Waals surface area contributed by atoms with Gasteiger partial charge in [-0.15, -0.1) is 0 Å². The van der Waals surface area contributed by atoms with Gasteiger partial charge in [0.15, 0.2) is 11.6 Å². The number of allylic oxidation sites excluding steroid dienone is 2. The average molecular weight is 418 g/mol. The Hall–Kier alpha value is -3.79. The zero-order valence-corrected chi connectivity index (χ0v) is 18.1. The molecule has 2 unspecified atom stereocenters. The Labute approximate surface area is 187 Å². The fourth-order valence-corrected chi connectivity index (χ4v) is 4.42. The number of rotatable bonds is 3. The summed E-state index contributed by atoms with van der Waals surface area (Å²) in [5.74, 6) is 3.58. The van der Waals surface area contributed by atoms with Crippen LogP contribution in [0.25, 0.3) is 33.5 Å². The molecule has 2 heterocycles. The first-order valence-corrected chi connectivity index (χ1v) is 11.1. The number of hydrogen-bond acceptors (Lipinski definition) is 4. The highest BCUT2D eigenvalue weighted by Gasteiger charge is 2.32. The molecule has 0 saturated carbocycles. The second kappa shape index (κ2) is 7.41. The summed E-state index contributed by atoms with van der Waals surface area (Å²) in [6.07, 6.45) is 8.52. The number of hydrogen-bond donors (Lipinski definition) is 0. The lowest BCUT2D eigenvalue weighted by Gasteiger charge is -2.14. The Morgan fingerprint density at radius 1 is 0.750 bits per heavy atom. The normalized spacial score (nSPS) is 18.6. The van der Waals surface area contributed by atoms with Crippen molar-refractivity contribution in [3.8, 4) is 28.5 Å². The minimum Gasteiger partial charge on any atom is -0.485 e. The molecule has 0 spiro atoms. The van der Waals surface area contributed by atoms with Crippen LogP contribution in [0.4, 0.5) is 0 Å². The van der Waals surface area contributed by atoms with Gasteiger partial charge in [0.2, 0.25) is 0 Å². The summed E-state index contributed by atoms with van der Waals surface area (Å²) >= 11 is 0. The summed E-state index contributed by atoms with van der Waals surface area (Å²) in [5.41, 5.74) is 3.17. The van der Waals surface area contributed by atoms with E-state index in [1.807, 2.05) is 18.2 Å². The summed E-state index contributed by atoms with van der Waals surface area (Å²) in [6.45, 7) is 4.23. The monoisotopic (exact) mass is 417 g/mol. The molecule has 156 valence electrons. The minimum atomic E-state index is 0.0722. The third-order valence-corrected chi connectivity index (χ3v) is 6.15. The molecule has 1 aliphatic carbocycles. The van der Waals surface area contributed by atoms with E-state index in [9.17, 15) is 0 Å². The van der Waals surface area contributed by atoms with Crippen LogP contribution < -0.4 is 4.74 Å².